The highest BCUT2D eigenvalue weighted by Crippen LogP contribution is 2.03. The van der Waals surface area contributed by atoms with Gasteiger partial charge in [-0.2, -0.15) is 0 Å². The predicted molar refractivity (Wildman–Crippen MR) is 65.6 cm³/mol. The third kappa shape index (κ3) is 5.76. The molecule has 96 valence electrons. The summed E-state index contributed by atoms with van der Waals surface area (Å²) in [6.45, 7) is 0.861. The van der Waals surface area contributed by atoms with Crippen LogP contribution in [0, 0.1) is 5.82 Å². The van der Waals surface area contributed by atoms with Crippen molar-refractivity contribution in [2.24, 2.45) is 0 Å². The number of hydrogen-bond donors (Lipinski definition) is 2. The molecule has 0 atom stereocenters. The van der Waals surface area contributed by atoms with E-state index >= 15 is 0 Å². The Bertz CT molecular complexity index is 431. The normalized spacial score (nSPS) is 11.6. The van der Waals surface area contributed by atoms with Crippen molar-refractivity contribution in [3.63, 3.8) is 0 Å². The van der Waals surface area contributed by atoms with Crippen molar-refractivity contribution in [3.8, 4) is 0 Å². The molecular weight excluding hydrogens is 243 g/mol. The van der Waals surface area contributed by atoms with Gasteiger partial charge in [-0.1, -0.05) is 12.1 Å². The lowest BCUT2D eigenvalue weighted by Gasteiger charge is -2.06. The van der Waals surface area contributed by atoms with E-state index in [1.165, 1.54) is 12.1 Å². The molecule has 0 aliphatic rings. The third-order valence-electron chi connectivity index (χ3n) is 2.25. The van der Waals surface area contributed by atoms with Gasteiger partial charge in [-0.15, -0.1) is 0 Å². The average molecular weight is 260 g/mol. The summed E-state index contributed by atoms with van der Waals surface area (Å²) in [5.74, 6) is -0.236. The maximum absolute atomic E-state index is 12.6. The molecule has 0 aliphatic carbocycles. The molecule has 0 unspecified atom stereocenters. The van der Waals surface area contributed by atoms with Crippen LogP contribution in [-0.2, 0) is 16.6 Å². The molecule has 0 aromatic heterocycles. The van der Waals surface area contributed by atoms with Crippen LogP contribution in [0.2, 0.25) is 0 Å². The summed E-state index contributed by atoms with van der Waals surface area (Å²) in [6.07, 6.45) is 0.565. The fraction of sp³-hybridized carbons (Fsp3) is 0.455. The molecule has 1 rings (SSSR count). The molecule has 0 fully saturated rings. The monoisotopic (exact) mass is 260 g/mol. The van der Waals surface area contributed by atoms with E-state index in [1.54, 1.807) is 19.2 Å². The van der Waals surface area contributed by atoms with Crippen LogP contribution in [-0.4, -0.2) is 27.8 Å². The van der Waals surface area contributed by atoms with E-state index in [4.69, 9.17) is 0 Å². The zero-order valence-corrected chi connectivity index (χ0v) is 10.6. The Hall–Kier alpha value is -0.980. The van der Waals surface area contributed by atoms with Crippen LogP contribution in [0.25, 0.3) is 0 Å². The first-order valence-electron chi connectivity index (χ1n) is 5.40. The van der Waals surface area contributed by atoms with Gasteiger partial charge in [-0.25, -0.2) is 17.5 Å². The van der Waals surface area contributed by atoms with E-state index in [9.17, 15) is 12.8 Å². The van der Waals surface area contributed by atoms with Crippen LogP contribution in [0.5, 0.6) is 0 Å². The number of sulfonamides is 1. The summed E-state index contributed by atoms with van der Waals surface area (Å²) in [5.41, 5.74) is 0.739. The number of rotatable bonds is 7. The Morgan fingerprint density at radius 3 is 2.47 bits per heavy atom. The molecule has 1 aromatic rings. The van der Waals surface area contributed by atoms with Crippen molar-refractivity contribution >= 4 is 10.0 Å². The van der Waals surface area contributed by atoms with Crippen molar-refractivity contribution in [3.05, 3.63) is 35.6 Å². The molecule has 0 saturated carbocycles. The van der Waals surface area contributed by atoms with Crippen LogP contribution >= 0.6 is 0 Å². The van der Waals surface area contributed by atoms with Gasteiger partial charge in [0.05, 0.1) is 5.75 Å². The Balaban J connectivity index is 2.41. The quantitative estimate of drug-likeness (QED) is 0.715. The van der Waals surface area contributed by atoms with Crippen molar-refractivity contribution in [2.75, 3.05) is 19.3 Å². The minimum absolute atomic E-state index is 0.0923. The molecule has 1 aromatic carbocycles. The van der Waals surface area contributed by atoms with E-state index in [0.29, 0.717) is 13.0 Å². The van der Waals surface area contributed by atoms with Crippen molar-refractivity contribution in [2.45, 2.75) is 13.0 Å². The maximum atomic E-state index is 12.6. The first-order chi connectivity index (χ1) is 8.03. The minimum atomic E-state index is -3.25. The molecule has 0 heterocycles. The van der Waals surface area contributed by atoms with E-state index in [-0.39, 0.29) is 18.1 Å². The highest BCUT2D eigenvalue weighted by atomic mass is 32.2. The van der Waals surface area contributed by atoms with Crippen molar-refractivity contribution in [1.29, 1.82) is 0 Å². The second-order valence-electron chi connectivity index (χ2n) is 3.72. The summed E-state index contributed by atoms with van der Waals surface area (Å²) in [6, 6.07) is 5.74. The van der Waals surface area contributed by atoms with Gasteiger partial charge in [0.2, 0.25) is 10.0 Å². The van der Waals surface area contributed by atoms with Crippen molar-refractivity contribution in [1.82, 2.24) is 10.0 Å². The van der Waals surface area contributed by atoms with Gasteiger partial charge < -0.3 is 5.32 Å². The molecule has 6 heteroatoms. The summed E-state index contributed by atoms with van der Waals surface area (Å²) in [5, 5.41) is 2.89. The fourth-order valence-corrected chi connectivity index (χ4v) is 2.36. The van der Waals surface area contributed by atoms with E-state index < -0.39 is 10.0 Å². The first-order valence-corrected chi connectivity index (χ1v) is 7.05. The van der Waals surface area contributed by atoms with Crippen molar-refractivity contribution < 1.29 is 12.8 Å². The standard InChI is InChI=1S/C11H17FN2O2S/c1-13-7-2-8-17(15,16)14-9-10-3-5-11(12)6-4-10/h3-6,13-14H,2,7-9H2,1H3. The average Bonchev–Trinajstić information content (AvgIpc) is 2.29. The minimum Gasteiger partial charge on any atom is -0.320 e. The zero-order chi connectivity index (χ0) is 12.7. The zero-order valence-electron chi connectivity index (χ0n) is 9.74. The fourth-order valence-electron chi connectivity index (χ4n) is 1.31. The molecule has 0 saturated heterocycles. The van der Waals surface area contributed by atoms with Gasteiger partial charge in [0.15, 0.2) is 0 Å². The van der Waals surface area contributed by atoms with Gasteiger partial charge in [0.1, 0.15) is 5.82 Å². The SMILES string of the molecule is CNCCCS(=O)(=O)NCc1ccc(F)cc1. The summed E-state index contributed by atoms with van der Waals surface area (Å²) >= 11 is 0. The Labute approximate surface area is 101 Å². The second kappa shape index (κ2) is 6.68. The smallest absolute Gasteiger partial charge is 0.211 e. The molecule has 0 amide bonds. The Kier molecular flexibility index (Phi) is 5.54. The highest BCUT2D eigenvalue weighted by molar-refractivity contribution is 7.89. The number of nitrogens with one attached hydrogen (secondary N) is 2. The summed E-state index contributed by atoms with van der Waals surface area (Å²) < 4.78 is 38.2. The molecule has 4 nitrogen and oxygen atoms in total. The van der Waals surface area contributed by atoms with Gasteiger partial charge in [-0.05, 0) is 37.7 Å². The lowest BCUT2D eigenvalue weighted by Crippen LogP contribution is -2.27. The van der Waals surface area contributed by atoms with E-state index in [0.717, 1.165) is 5.56 Å². The summed E-state index contributed by atoms with van der Waals surface area (Å²) in [4.78, 5) is 0. The molecule has 0 aliphatic heterocycles. The van der Waals surface area contributed by atoms with Gasteiger partial charge >= 0.3 is 0 Å². The third-order valence-corrected chi connectivity index (χ3v) is 3.66. The van der Waals surface area contributed by atoms with Gasteiger partial charge in [-0.3, -0.25) is 0 Å². The second-order valence-corrected chi connectivity index (χ2v) is 5.65. The van der Waals surface area contributed by atoms with E-state index in [2.05, 4.69) is 10.0 Å². The highest BCUT2D eigenvalue weighted by Gasteiger charge is 2.08. The Morgan fingerprint density at radius 2 is 1.88 bits per heavy atom. The number of benzene rings is 1. The summed E-state index contributed by atoms with van der Waals surface area (Å²) in [7, 11) is -1.47. The first kappa shape index (κ1) is 14.1. The maximum Gasteiger partial charge on any atom is 0.211 e. The number of halogens is 1. The van der Waals surface area contributed by atoms with Crippen LogP contribution < -0.4 is 10.0 Å². The van der Waals surface area contributed by atoms with Gasteiger partial charge in [0, 0.05) is 6.54 Å². The lowest BCUT2D eigenvalue weighted by atomic mass is 10.2. The molecule has 0 radical (unpaired) electrons. The molecule has 17 heavy (non-hydrogen) atoms. The molecule has 0 spiro atoms. The largest absolute Gasteiger partial charge is 0.320 e. The predicted octanol–water partition coefficient (Wildman–Crippen LogP) is 0.855. The van der Waals surface area contributed by atoms with Crippen LogP contribution in [0.1, 0.15) is 12.0 Å². The van der Waals surface area contributed by atoms with Gasteiger partial charge in [0.25, 0.3) is 0 Å². The van der Waals surface area contributed by atoms with Crippen LogP contribution in [0.15, 0.2) is 24.3 Å². The molecule has 0 bridgehead atoms. The van der Waals surface area contributed by atoms with E-state index in [1.807, 2.05) is 0 Å². The van der Waals surface area contributed by atoms with Crippen LogP contribution in [0.4, 0.5) is 4.39 Å². The van der Waals surface area contributed by atoms with Crippen LogP contribution in [0.3, 0.4) is 0 Å². The number of hydrogen-bond acceptors (Lipinski definition) is 3. The molecule has 2 N–H and O–H groups in total. The lowest BCUT2D eigenvalue weighted by molar-refractivity contribution is 0.577. The molecular formula is C11H17FN2O2S. The Morgan fingerprint density at radius 1 is 1.24 bits per heavy atom. The topological polar surface area (TPSA) is 58.2 Å².